The van der Waals surface area contributed by atoms with Crippen molar-refractivity contribution in [3.05, 3.63) is 35.4 Å². The smallest absolute Gasteiger partial charge is 0.303 e. The fourth-order valence-electron chi connectivity index (χ4n) is 2.67. The van der Waals surface area contributed by atoms with Crippen molar-refractivity contribution in [1.29, 1.82) is 0 Å². The first-order valence-electron chi connectivity index (χ1n) is 6.93. The zero-order valence-corrected chi connectivity index (χ0v) is 11.3. The average molecular weight is 283 g/mol. The fourth-order valence-corrected chi connectivity index (χ4v) is 2.67. The zero-order valence-electron chi connectivity index (χ0n) is 11.3. The molecule has 0 saturated carbocycles. The molecule has 0 atom stereocenters. The average Bonchev–Trinajstić information content (AvgIpc) is 2.43. The Labute approximate surface area is 117 Å². The molecular formula is C15H19F2NO2. The van der Waals surface area contributed by atoms with E-state index in [1.165, 1.54) is 6.07 Å². The number of hydrogen-bond acceptors (Lipinski definition) is 2. The SMILES string of the molecule is O=C(O)CCC1CCN(Cc2cccc(F)c2F)CC1. The highest BCUT2D eigenvalue weighted by Crippen LogP contribution is 2.23. The minimum atomic E-state index is -0.807. The Hall–Kier alpha value is -1.49. The number of carboxylic acid groups (broad SMARTS) is 1. The van der Waals surface area contributed by atoms with E-state index in [2.05, 4.69) is 4.90 Å². The second-order valence-corrected chi connectivity index (χ2v) is 5.36. The molecule has 110 valence electrons. The summed E-state index contributed by atoms with van der Waals surface area (Å²) < 4.78 is 26.7. The van der Waals surface area contributed by atoms with Crippen molar-refractivity contribution in [3.8, 4) is 0 Å². The Morgan fingerprint density at radius 2 is 2.00 bits per heavy atom. The maximum absolute atomic E-state index is 13.6. The van der Waals surface area contributed by atoms with E-state index in [-0.39, 0.29) is 6.42 Å². The van der Waals surface area contributed by atoms with Crippen molar-refractivity contribution in [2.45, 2.75) is 32.2 Å². The van der Waals surface area contributed by atoms with Crippen LogP contribution in [0.15, 0.2) is 18.2 Å². The number of benzene rings is 1. The van der Waals surface area contributed by atoms with Gasteiger partial charge in [0, 0.05) is 18.5 Å². The van der Waals surface area contributed by atoms with Crippen LogP contribution in [0, 0.1) is 17.6 Å². The topological polar surface area (TPSA) is 40.5 Å². The lowest BCUT2D eigenvalue weighted by molar-refractivity contribution is -0.137. The maximum atomic E-state index is 13.6. The zero-order chi connectivity index (χ0) is 14.5. The Morgan fingerprint density at radius 1 is 1.30 bits per heavy atom. The molecule has 5 heteroatoms. The highest BCUT2D eigenvalue weighted by molar-refractivity contribution is 5.66. The molecular weight excluding hydrogens is 264 g/mol. The normalized spacial score (nSPS) is 17.3. The molecule has 1 fully saturated rings. The van der Waals surface area contributed by atoms with Crippen LogP contribution in [0.2, 0.25) is 0 Å². The summed E-state index contributed by atoms with van der Waals surface area (Å²) in [6.07, 6.45) is 2.76. The first kappa shape index (κ1) is 14.9. The van der Waals surface area contributed by atoms with Gasteiger partial charge in [0.1, 0.15) is 0 Å². The number of hydrogen-bond donors (Lipinski definition) is 1. The van der Waals surface area contributed by atoms with Crippen LogP contribution in [0.1, 0.15) is 31.2 Å². The van der Waals surface area contributed by atoms with Crippen LogP contribution in [0.25, 0.3) is 0 Å². The summed E-state index contributed by atoms with van der Waals surface area (Å²) in [4.78, 5) is 12.6. The Bertz CT molecular complexity index is 471. The largest absolute Gasteiger partial charge is 0.481 e. The molecule has 1 heterocycles. The lowest BCUT2D eigenvalue weighted by atomic mass is 9.92. The first-order chi connectivity index (χ1) is 9.56. The van der Waals surface area contributed by atoms with Gasteiger partial charge in [-0.05, 0) is 44.3 Å². The molecule has 1 aliphatic rings. The highest BCUT2D eigenvalue weighted by Gasteiger charge is 2.21. The van der Waals surface area contributed by atoms with E-state index in [4.69, 9.17) is 5.11 Å². The van der Waals surface area contributed by atoms with Gasteiger partial charge in [0.2, 0.25) is 0 Å². The molecule has 0 spiro atoms. The second kappa shape index (κ2) is 6.79. The third kappa shape index (κ3) is 4.00. The van der Waals surface area contributed by atoms with Gasteiger partial charge in [0.25, 0.3) is 0 Å². The number of carbonyl (C=O) groups is 1. The monoisotopic (exact) mass is 283 g/mol. The van der Waals surface area contributed by atoms with Gasteiger partial charge < -0.3 is 5.11 Å². The molecule has 0 radical (unpaired) electrons. The van der Waals surface area contributed by atoms with Crippen LogP contribution in [-0.2, 0) is 11.3 Å². The van der Waals surface area contributed by atoms with Gasteiger partial charge in [0.15, 0.2) is 11.6 Å². The predicted molar refractivity (Wildman–Crippen MR) is 71.2 cm³/mol. The maximum Gasteiger partial charge on any atom is 0.303 e. The van der Waals surface area contributed by atoms with E-state index in [9.17, 15) is 13.6 Å². The summed E-state index contributed by atoms with van der Waals surface area (Å²) in [5.41, 5.74) is 0.383. The summed E-state index contributed by atoms with van der Waals surface area (Å²) in [7, 11) is 0. The van der Waals surface area contributed by atoms with Gasteiger partial charge in [-0.15, -0.1) is 0 Å². The third-order valence-corrected chi connectivity index (χ3v) is 3.90. The van der Waals surface area contributed by atoms with Crippen molar-refractivity contribution in [3.63, 3.8) is 0 Å². The summed E-state index contributed by atoms with van der Waals surface area (Å²) in [5.74, 6) is -1.90. The molecule has 1 aromatic rings. The molecule has 0 aromatic heterocycles. The number of nitrogens with zero attached hydrogens (tertiary/aromatic N) is 1. The van der Waals surface area contributed by atoms with Gasteiger partial charge in [-0.3, -0.25) is 9.69 Å². The standard InChI is InChI=1S/C15H19F2NO2/c16-13-3-1-2-12(15(13)17)10-18-8-6-11(7-9-18)4-5-14(19)20/h1-3,11H,4-10H2,(H,19,20). The van der Waals surface area contributed by atoms with E-state index in [0.29, 0.717) is 24.4 Å². The predicted octanol–water partition coefficient (Wildman–Crippen LogP) is 3.04. The molecule has 0 aliphatic carbocycles. The molecule has 1 aliphatic heterocycles. The van der Waals surface area contributed by atoms with Crippen LogP contribution in [-0.4, -0.2) is 29.1 Å². The van der Waals surface area contributed by atoms with E-state index in [1.807, 2.05) is 0 Å². The Kier molecular flexibility index (Phi) is 5.06. The number of carboxylic acids is 1. The van der Waals surface area contributed by atoms with Gasteiger partial charge in [0.05, 0.1) is 0 Å². The van der Waals surface area contributed by atoms with E-state index >= 15 is 0 Å². The Morgan fingerprint density at radius 3 is 2.65 bits per heavy atom. The number of aliphatic carboxylic acids is 1. The van der Waals surface area contributed by atoms with Gasteiger partial charge >= 0.3 is 5.97 Å². The van der Waals surface area contributed by atoms with Gasteiger partial charge in [-0.1, -0.05) is 12.1 Å². The van der Waals surface area contributed by atoms with Crippen molar-refractivity contribution >= 4 is 5.97 Å². The minimum absolute atomic E-state index is 0.211. The van der Waals surface area contributed by atoms with E-state index in [0.717, 1.165) is 32.0 Å². The molecule has 1 saturated heterocycles. The first-order valence-corrected chi connectivity index (χ1v) is 6.93. The molecule has 3 nitrogen and oxygen atoms in total. The molecule has 1 aromatic carbocycles. The van der Waals surface area contributed by atoms with Crippen LogP contribution in [0.5, 0.6) is 0 Å². The van der Waals surface area contributed by atoms with Crippen molar-refractivity contribution < 1.29 is 18.7 Å². The van der Waals surface area contributed by atoms with E-state index in [1.54, 1.807) is 6.07 Å². The van der Waals surface area contributed by atoms with Crippen molar-refractivity contribution in [2.75, 3.05) is 13.1 Å². The molecule has 20 heavy (non-hydrogen) atoms. The Balaban J connectivity index is 1.82. The van der Waals surface area contributed by atoms with Crippen LogP contribution >= 0.6 is 0 Å². The van der Waals surface area contributed by atoms with Crippen LogP contribution in [0.3, 0.4) is 0 Å². The summed E-state index contributed by atoms with van der Waals surface area (Å²) in [6, 6.07) is 4.25. The lowest BCUT2D eigenvalue weighted by Crippen LogP contribution is -2.33. The van der Waals surface area contributed by atoms with E-state index < -0.39 is 17.6 Å². The van der Waals surface area contributed by atoms with Gasteiger partial charge in [-0.25, -0.2) is 8.78 Å². The van der Waals surface area contributed by atoms with Crippen LogP contribution < -0.4 is 0 Å². The number of piperidine rings is 1. The lowest BCUT2D eigenvalue weighted by Gasteiger charge is -2.31. The second-order valence-electron chi connectivity index (χ2n) is 5.36. The molecule has 0 bridgehead atoms. The summed E-state index contributed by atoms with van der Waals surface area (Å²) in [6.45, 7) is 2.02. The molecule has 2 rings (SSSR count). The van der Waals surface area contributed by atoms with Gasteiger partial charge in [-0.2, -0.15) is 0 Å². The molecule has 0 amide bonds. The quantitative estimate of drug-likeness (QED) is 0.903. The number of likely N-dealkylation sites (tertiary alicyclic amines) is 1. The van der Waals surface area contributed by atoms with Crippen LogP contribution in [0.4, 0.5) is 8.78 Å². The summed E-state index contributed by atoms with van der Waals surface area (Å²) in [5, 5.41) is 8.66. The number of rotatable bonds is 5. The minimum Gasteiger partial charge on any atom is -0.481 e. The molecule has 0 unspecified atom stereocenters. The fraction of sp³-hybridized carbons (Fsp3) is 0.533. The highest BCUT2D eigenvalue weighted by atomic mass is 19.2. The number of halogens is 2. The third-order valence-electron chi connectivity index (χ3n) is 3.90. The summed E-state index contributed by atoms with van der Waals surface area (Å²) >= 11 is 0. The molecule has 1 N–H and O–H groups in total. The van der Waals surface area contributed by atoms with Crippen molar-refractivity contribution in [1.82, 2.24) is 4.90 Å². The van der Waals surface area contributed by atoms with Crippen molar-refractivity contribution in [2.24, 2.45) is 5.92 Å².